The summed E-state index contributed by atoms with van der Waals surface area (Å²) in [5, 5.41) is 11.9. The van der Waals surface area contributed by atoms with Crippen molar-refractivity contribution in [3.63, 3.8) is 0 Å². The molecule has 21 heavy (non-hydrogen) atoms. The maximum absolute atomic E-state index is 10.7. The van der Waals surface area contributed by atoms with E-state index in [1.54, 1.807) is 18.2 Å². The number of benzene rings is 1. The topological polar surface area (TPSA) is 38.7 Å². The van der Waals surface area contributed by atoms with Crippen molar-refractivity contribution in [3.8, 4) is 0 Å². The van der Waals surface area contributed by atoms with Crippen molar-refractivity contribution in [1.29, 1.82) is 0 Å². The average molecular weight is 331 g/mol. The lowest BCUT2D eigenvalue weighted by atomic mass is 9.77. The van der Waals surface area contributed by atoms with Gasteiger partial charge in [0.1, 0.15) is 0 Å². The van der Waals surface area contributed by atoms with Gasteiger partial charge in [-0.1, -0.05) is 23.2 Å². The molecule has 1 aromatic rings. The molecule has 2 unspecified atom stereocenters. The zero-order chi connectivity index (χ0) is 14.9. The fourth-order valence-electron chi connectivity index (χ4n) is 3.42. The van der Waals surface area contributed by atoms with Gasteiger partial charge in [-0.3, -0.25) is 0 Å². The molecule has 2 aliphatic heterocycles. The summed E-state index contributed by atoms with van der Waals surface area (Å²) in [6, 6.07) is 5.25. The second-order valence-corrected chi connectivity index (χ2v) is 6.85. The molecule has 0 aromatic heterocycles. The number of hydrogen-bond donors (Lipinski definition) is 1. The van der Waals surface area contributed by atoms with Crippen molar-refractivity contribution < 1.29 is 14.6 Å². The Kier molecular flexibility index (Phi) is 4.77. The molecule has 1 spiro atoms. The highest BCUT2D eigenvalue weighted by Crippen LogP contribution is 2.43. The van der Waals surface area contributed by atoms with Crippen LogP contribution < -0.4 is 0 Å². The first-order valence-electron chi connectivity index (χ1n) is 7.44. The monoisotopic (exact) mass is 330 g/mol. The first-order valence-corrected chi connectivity index (χ1v) is 8.20. The molecule has 116 valence electrons. The Morgan fingerprint density at radius 3 is 2.71 bits per heavy atom. The van der Waals surface area contributed by atoms with E-state index in [1.165, 1.54) is 0 Å². The fraction of sp³-hybridized carbons (Fsp3) is 0.625. The third-order valence-electron chi connectivity index (χ3n) is 4.66. The van der Waals surface area contributed by atoms with Gasteiger partial charge in [0.25, 0.3) is 0 Å². The molecule has 0 saturated carbocycles. The van der Waals surface area contributed by atoms with Crippen molar-refractivity contribution in [2.75, 3.05) is 19.8 Å². The lowest BCUT2D eigenvalue weighted by Gasteiger charge is -2.44. The van der Waals surface area contributed by atoms with E-state index < -0.39 is 6.10 Å². The van der Waals surface area contributed by atoms with Crippen LogP contribution in [0.3, 0.4) is 0 Å². The number of hydrogen-bond acceptors (Lipinski definition) is 3. The standard InChI is InChI=1S/C16H20Cl2O3/c17-12-1-2-14(18)13(9-12)15(19)11-3-6-21-16(10-11)4-7-20-8-5-16/h1-2,9,11,15,19H,3-8,10H2. The molecule has 0 amide bonds. The minimum Gasteiger partial charge on any atom is -0.388 e. The van der Waals surface area contributed by atoms with Crippen molar-refractivity contribution in [2.24, 2.45) is 5.92 Å². The van der Waals surface area contributed by atoms with Crippen molar-refractivity contribution >= 4 is 23.2 Å². The predicted molar refractivity (Wildman–Crippen MR) is 82.9 cm³/mol. The van der Waals surface area contributed by atoms with E-state index >= 15 is 0 Å². The number of rotatable bonds is 2. The zero-order valence-corrected chi connectivity index (χ0v) is 13.4. The molecule has 2 fully saturated rings. The number of halogens is 2. The van der Waals surface area contributed by atoms with E-state index in [0.717, 1.165) is 44.5 Å². The van der Waals surface area contributed by atoms with Gasteiger partial charge in [-0.2, -0.15) is 0 Å². The molecule has 0 radical (unpaired) electrons. The molecule has 2 aliphatic rings. The summed E-state index contributed by atoms with van der Waals surface area (Å²) in [6.45, 7) is 2.15. The van der Waals surface area contributed by atoms with Crippen LogP contribution in [0.25, 0.3) is 0 Å². The van der Waals surface area contributed by atoms with E-state index in [4.69, 9.17) is 32.7 Å². The third kappa shape index (κ3) is 3.38. The Morgan fingerprint density at radius 1 is 1.19 bits per heavy atom. The fourth-order valence-corrected chi connectivity index (χ4v) is 3.83. The van der Waals surface area contributed by atoms with Crippen LogP contribution in [-0.4, -0.2) is 30.5 Å². The molecule has 2 saturated heterocycles. The Labute approximate surface area is 135 Å². The van der Waals surface area contributed by atoms with Gasteiger partial charge in [0, 0.05) is 35.4 Å². The largest absolute Gasteiger partial charge is 0.388 e. The van der Waals surface area contributed by atoms with E-state index in [2.05, 4.69) is 0 Å². The molecule has 1 aromatic carbocycles. The summed E-state index contributed by atoms with van der Waals surface area (Å²) >= 11 is 12.2. The smallest absolute Gasteiger partial charge is 0.0835 e. The minimum absolute atomic E-state index is 0.132. The maximum atomic E-state index is 10.7. The average Bonchev–Trinajstić information content (AvgIpc) is 2.50. The van der Waals surface area contributed by atoms with Crippen LogP contribution in [0.2, 0.25) is 10.0 Å². The van der Waals surface area contributed by atoms with Gasteiger partial charge in [-0.15, -0.1) is 0 Å². The van der Waals surface area contributed by atoms with Crippen LogP contribution in [0.1, 0.15) is 37.4 Å². The van der Waals surface area contributed by atoms with Crippen LogP contribution in [0.15, 0.2) is 18.2 Å². The number of aliphatic hydroxyl groups is 1. The Bertz CT molecular complexity index is 495. The summed E-state index contributed by atoms with van der Waals surface area (Å²) in [5.74, 6) is 0.146. The highest BCUT2D eigenvalue weighted by atomic mass is 35.5. The van der Waals surface area contributed by atoms with Crippen LogP contribution in [-0.2, 0) is 9.47 Å². The molecule has 3 rings (SSSR count). The second kappa shape index (κ2) is 6.43. The molecule has 0 aliphatic carbocycles. The Hall–Kier alpha value is -0.320. The molecule has 2 atom stereocenters. The quantitative estimate of drug-likeness (QED) is 0.890. The van der Waals surface area contributed by atoms with Crippen molar-refractivity contribution in [2.45, 2.75) is 37.4 Å². The zero-order valence-electron chi connectivity index (χ0n) is 11.9. The Morgan fingerprint density at radius 2 is 1.95 bits per heavy atom. The molecule has 5 heteroatoms. The van der Waals surface area contributed by atoms with Crippen LogP contribution in [0.4, 0.5) is 0 Å². The summed E-state index contributed by atoms with van der Waals surface area (Å²) < 4.78 is 11.5. The van der Waals surface area contributed by atoms with Gasteiger partial charge >= 0.3 is 0 Å². The van der Waals surface area contributed by atoms with Gasteiger partial charge < -0.3 is 14.6 Å². The molecule has 1 N–H and O–H groups in total. The lowest BCUT2D eigenvalue weighted by molar-refractivity contribution is -0.159. The highest BCUT2D eigenvalue weighted by Gasteiger charge is 2.41. The summed E-state index contributed by atoms with van der Waals surface area (Å²) in [5.41, 5.74) is 0.589. The maximum Gasteiger partial charge on any atom is 0.0835 e. The summed E-state index contributed by atoms with van der Waals surface area (Å²) in [7, 11) is 0. The second-order valence-electron chi connectivity index (χ2n) is 6.01. The van der Waals surface area contributed by atoms with Crippen molar-refractivity contribution in [1.82, 2.24) is 0 Å². The Balaban J connectivity index is 1.77. The van der Waals surface area contributed by atoms with E-state index in [0.29, 0.717) is 16.7 Å². The molecule has 2 heterocycles. The van der Waals surface area contributed by atoms with Gasteiger partial charge in [0.05, 0.1) is 11.7 Å². The highest BCUT2D eigenvalue weighted by molar-refractivity contribution is 6.33. The van der Waals surface area contributed by atoms with Gasteiger partial charge in [0.2, 0.25) is 0 Å². The van der Waals surface area contributed by atoms with Crippen LogP contribution in [0.5, 0.6) is 0 Å². The van der Waals surface area contributed by atoms with E-state index in [-0.39, 0.29) is 11.5 Å². The summed E-state index contributed by atoms with van der Waals surface area (Å²) in [4.78, 5) is 0. The minimum atomic E-state index is -0.597. The van der Waals surface area contributed by atoms with Crippen molar-refractivity contribution in [3.05, 3.63) is 33.8 Å². The molecular formula is C16H20Cl2O3. The van der Waals surface area contributed by atoms with E-state index in [1.807, 2.05) is 0 Å². The lowest BCUT2D eigenvalue weighted by Crippen LogP contribution is -2.45. The predicted octanol–water partition coefficient (Wildman–Crippen LogP) is 4.00. The number of aliphatic hydroxyl groups excluding tert-OH is 1. The van der Waals surface area contributed by atoms with Crippen LogP contribution in [0, 0.1) is 5.92 Å². The van der Waals surface area contributed by atoms with Crippen LogP contribution >= 0.6 is 23.2 Å². The first kappa shape index (κ1) is 15.6. The van der Waals surface area contributed by atoms with Gasteiger partial charge in [0.15, 0.2) is 0 Å². The molecular weight excluding hydrogens is 311 g/mol. The normalized spacial score (nSPS) is 26.7. The summed E-state index contributed by atoms with van der Waals surface area (Å²) in [6.07, 6.45) is 2.89. The van der Waals surface area contributed by atoms with E-state index in [9.17, 15) is 5.11 Å². The third-order valence-corrected chi connectivity index (χ3v) is 5.24. The SMILES string of the molecule is OC(c1cc(Cl)ccc1Cl)C1CCOC2(CCOCC2)C1. The number of ether oxygens (including phenoxy) is 2. The molecule has 3 nitrogen and oxygen atoms in total. The first-order chi connectivity index (χ1) is 10.1. The molecule has 0 bridgehead atoms. The van der Waals surface area contributed by atoms with Gasteiger partial charge in [-0.05, 0) is 49.8 Å². The van der Waals surface area contributed by atoms with Gasteiger partial charge in [-0.25, -0.2) is 0 Å².